The lowest BCUT2D eigenvalue weighted by Crippen LogP contribution is -2.55. The molecule has 110 valence electrons. The van der Waals surface area contributed by atoms with E-state index in [4.69, 9.17) is 16.3 Å². The summed E-state index contributed by atoms with van der Waals surface area (Å²) in [6, 6.07) is 7.28. The molecule has 1 heterocycles. The first-order valence-corrected chi connectivity index (χ1v) is 7.08. The molecule has 1 fully saturated rings. The average Bonchev–Trinajstić information content (AvgIpc) is 2.39. The van der Waals surface area contributed by atoms with Crippen molar-refractivity contribution in [3.05, 3.63) is 34.9 Å². The van der Waals surface area contributed by atoms with Crippen molar-refractivity contribution >= 4 is 17.5 Å². The Balaban J connectivity index is 2.02. The van der Waals surface area contributed by atoms with Gasteiger partial charge in [0, 0.05) is 18.1 Å². The maximum Gasteiger partial charge on any atom is 0.227 e. The Morgan fingerprint density at radius 2 is 2.10 bits per heavy atom. The molecule has 0 saturated carbocycles. The first-order chi connectivity index (χ1) is 9.39. The lowest BCUT2D eigenvalue weighted by molar-refractivity contribution is -0.166. The number of halogens is 1. The highest BCUT2D eigenvalue weighted by Gasteiger charge is 2.35. The fourth-order valence-electron chi connectivity index (χ4n) is 2.47. The largest absolute Gasteiger partial charge is 0.394 e. The van der Waals surface area contributed by atoms with E-state index in [1.54, 1.807) is 17.0 Å². The number of morpholine rings is 1. The van der Waals surface area contributed by atoms with Gasteiger partial charge in [-0.15, -0.1) is 0 Å². The number of carbonyl (C=O) groups excluding carboxylic acids is 1. The maximum absolute atomic E-state index is 12.4. The van der Waals surface area contributed by atoms with E-state index in [1.807, 2.05) is 26.0 Å². The first-order valence-electron chi connectivity index (χ1n) is 6.70. The van der Waals surface area contributed by atoms with Crippen LogP contribution in [0, 0.1) is 0 Å². The quantitative estimate of drug-likeness (QED) is 0.927. The smallest absolute Gasteiger partial charge is 0.227 e. The van der Waals surface area contributed by atoms with Crippen molar-refractivity contribution in [2.45, 2.75) is 32.0 Å². The summed E-state index contributed by atoms with van der Waals surface area (Å²) < 4.78 is 5.71. The summed E-state index contributed by atoms with van der Waals surface area (Å²) >= 11 is 5.83. The van der Waals surface area contributed by atoms with Crippen molar-refractivity contribution in [1.82, 2.24) is 4.90 Å². The summed E-state index contributed by atoms with van der Waals surface area (Å²) in [5.41, 5.74) is 0.505. The number of hydrogen-bond donors (Lipinski definition) is 1. The van der Waals surface area contributed by atoms with Crippen molar-refractivity contribution in [2.75, 3.05) is 19.7 Å². The Hall–Kier alpha value is -1.10. The number of amides is 1. The Kier molecular flexibility index (Phi) is 4.68. The molecule has 2 rings (SSSR count). The molecule has 0 spiro atoms. The molecule has 1 amide bonds. The summed E-state index contributed by atoms with van der Waals surface area (Å²) in [5, 5.41) is 9.93. The van der Waals surface area contributed by atoms with Gasteiger partial charge in [0.15, 0.2) is 0 Å². The molecule has 4 nitrogen and oxygen atoms in total. The van der Waals surface area contributed by atoms with Crippen LogP contribution in [0.3, 0.4) is 0 Å². The second-order valence-corrected chi connectivity index (χ2v) is 6.20. The van der Waals surface area contributed by atoms with Crippen LogP contribution in [0.15, 0.2) is 24.3 Å². The molecule has 1 N–H and O–H groups in total. The van der Waals surface area contributed by atoms with Gasteiger partial charge in [-0.1, -0.05) is 23.7 Å². The van der Waals surface area contributed by atoms with Crippen LogP contribution in [0.1, 0.15) is 19.4 Å². The minimum absolute atomic E-state index is 0.0437. The summed E-state index contributed by atoms with van der Waals surface area (Å²) in [6.07, 6.45) is 0.0266. The molecular weight excluding hydrogens is 278 g/mol. The number of carbonyl (C=O) groups is 1. The van der Waals surface area contributed by atoms with Crippen molar-refractivity contribution in [1.29, 1.82) is 0 Å². The van der Waals surface area contributed by atoms with Gasteiger partial charge in [-0.2, -0.15) is 0 Å². The molecule has 1 aromatic carbocycles. The zero-order valence-corrected chi connectivity index (χ0v) is 12.6. The topological polar surface area (TPSA) is 49.8 Å². The van der Waals surface area contributed by atoms with E-state index in [0.717, 1.165) is 5.56 Å². The van der Waals surface area contributed by atoms with E-state index in [0.29, 0.717) is 24.5 Å². The predicted octanol–water partition coefficient (Wildman–Crippen LogP) is 1.88. The molecule has 0 aromatic heterocycles. The van der Waals surface area contributed by atoms with Crippen LogP contribution in [0.2, 0.25) is 5.02 Å². The number of rotatable bonds is 3. The first kappa shape index (κ1) is 15.3. The van der Waals surface area contributed by atoms with Gasteiger partial charge in [-0.25, -0.2) is 0 Å². The average molecular weight is 298 g/mol. The predicted molar refractivity (Wildman–Crippen MR) is 77.8 cm³/mol. The SMILES string of the molecule is CC1(C)CN(C(=O)Cc2ccc(Cl)cc2)CC(CO)O1. The lowest BCUT2D eigenvalue weighted by atomic mass is 10.0. The third-order valence-electron chi connectivity index (χ3n) is 3.31. The van der Waals surface area contributed by atoms with E-state index < -0.39 is 5.60 Å². The normalized spacial score (nSPS) is 21.8. The highest BCUT2D eigenvalue weighted by molar-refractivity contribution is 6.30. The highest BCUT2D eigenvalue weighted by atomic mass is 35.5. The van der Waals surface area contributed by atoms with Crippen LogP contribution in [-0.4, -0.2) is 47.3 Å². The Labute approximate surface area is 124 Å². The zero-order valence-electron chi connectivity index (χ0n) is 11.8. The Morgan fingerprint density at radius 1 is 1.45 bits per heavy atom. The molecule has 0 aliphatic carbocycles. The van der Waals surface area contributed by atoms with Gasteiger partial charge >= 0.3 is 0 Å². The van der Waals surface area contributed by atoms with Crippen molar-refractivity contribution in [2.24, 2.45) is 0 Å². The second kappa shape index (κ2) is 6.12. The second-order valence-electron chi connectivity index (χ2n) is 5.76. The van der Waals surface area contributed by atoms with Gasteiger partial charge in [0.1, 0.15) is 0 Å². The molecule has 1 atom stereocenters. The molecule has 1 aliphatic heterocycles. The number of benzene rings is 1. The van der Waals surface area contributed by atoms with Gasteiger partial charge in [0.05, 0.1) is 24.7 Å². The van der Waals surface area contributed by atoms with Crippen molar-refractivity contribution in [3.8, 4) is 0 Å². The number of aliphatic hydroxyl groups is 1. The van der Waals surface area contributed by atoms with Gasteiger partial charge in [0.25, 0.3) is 0 Å². The lowest BCUT2D eigenvalue weighted by Gasteiger charge is -2.42. The van der Waals surface area contributed by atoms with Gasteiger partial charge in [-0.05, 0) is 31.5 Å². The van der Waals surface area contributed by atoms with Crippen LogP contribution in [0.5, 0.6) is 0 Å². The van der Waals surface area contributed by atoms with Gasteiger partial charge in [-0.3, -0.25) is 4.79 Å². The molecule has 20 heavy (non-hydrogen) atoms. The number of ether oxygens (including phenoxy) is 1. The van der Waals surface area contributed by atoms with E-state index in [2.05, 4.69) is 0 Å². The molecule has 5 heteroatoms. The number of nitrogens with zero attached hydrogens (tertiary/aromatic N) is 1. The fourth-order valence-corrected chi connectivity index (χ4v) is 2.60. The van der Waals surface area contributed by atoms with Crippen LogP contribution in [0.4, 0.5) is 0 Å². The Morgan fingerprint density at radius 3 is 2.70 bits per heavy atom. The van der Waals surface area contributed by atoms with Crippen LogP contribution < -0.4 is 0 Å². The molecule has 1 saturated heterocycles. The van der Waals surface area contributed by atoms with E-state index in [9.17, 15) is 9.90 Å². The fraction of sp³-hybridized carbons (Fsp3) is 0.533. The third kappa shape index (κ3) is 3.95. The highest BCUT2D eigenvalue weighted by Crippen LogP contribution is 2.21. The van der Waals surface area contributed by atoms with Crippen molar-refractivity contribution in [3.63, 3.8) is 0 Å². The standard InChI is InChI=1S/C15H20ClNO3/c1-15(2)10-17(8-13(9-18)20-15)14(19)7-11-3-5-12(16)6-4-11/h3-6,13,18H,7-10H2,1-2H3. The monoisotopic (exact) mass is 297 g/mol. The molecule has 0 bridgehead atoms. The maximum atomic E-state index is 12.4. The Bertz CT molecular complexity index is 473. The number of hydrogen-bond acceptors (Lipinski definition) is 3. The minimum atomic E-state index is -0.429. The van der Waals surface area contributed by atoms with Crippen LogP contribution in [0.25, 0.3) is 0 Å². The minimum Gasteiger partial charge on any atom is -0.394 e. The summed E-state index contributed by atoms with van der Waals surface area (Å²) in [5.74, 6) is 0.0437. The summed E-state index contributed by atoms with van der Waals surface area (Å²) in [7, 11) is 0. The number of aliphatic hydroxyl groups excluding tert-OH is 1. The van der Waals surface area contributed by atoms with Crippen molar-refractivity contribution < 1.29 is 14.6 Å². The summed E-state index contributed by atoms with van der Waals surface area (Å²) in [6.45, 7) is 4.76. The summed E-state index contributed by atoms with van der Waals surface area (Å²) in [4.78, 5) is 14.1. The molecule has 1 unspecified atom stereocenters. The molecular formula is C15H20ClNO3. The van der Waals surface area contributed by atoms with Crippen LogP contribution in [-0.2, 0) is 16.0 Å². The zero-order chi connectivity index (χ0) is 14.8. The van der Waals surface area contributed by atoms with E-state index in [1.165, 1.54) is 0 Å². The van der Waals surface area contributed by atoms with E-state index >= 15 is 0 Å². The third-order valence-corrected chi connectivity index (χ3v) is 3.56. The van der Waals surface area contributed by atoms with Crippen LogP contribution >= 0.6 is 11.6 Å². The van der Waals surface area contributed by atoms with E-state index in [-0.39, 0.29) is 18.6 Å². The molecule has 1 aromatic rings. The molecule has 0 radical (unpaired) electrons. The van der Waals surface area contributed by atoms with Gasteiger partial charge in [0.2, 0.25) is 5.91 Å². The molecule has 1 aliphatic rings. The van der Waals surface area contributed by atoms with Gasteiger partial charge < -0.3 is 14.7 Å².